The summed E-state index contributed by atoms with van der Waals surface area (Å²) in [6, 6.07) is 3.47. The molecule has 0 aliphatic carbocycles. The average Bonchev–Trinajstić information content (AvgIpc) is 2.09. The average molecular weight is 218 g/mol. The zero-order chi connectivity index (χ0) is 9.68. The van der Waals surface area contributed by atoms with Gasteiger partial charge in [-0.3, -0.25) is 0 Å². The normalized spacial score (nSPS) is 10.0. The Morgan fingerprint density at radius 3 is 2.85 bits per heavy atom. The Balaban J connectivity index is 2.61. The third kappa shape index (κ3) is 3.35. The largest absolute Gasteiger partial charge is 0.373 e. The number of aromatic nitrogens is 1. The summed E-state index contributed by atoms with van der Waals surface area (Å²) in [6.45, 7) is 4.46. The minimum absolute atomic E-state index is 0.386. The molecule has 1 heterocycles. The van der Waals surface area contributed by atoms with E-state index in [9.17, 15) is 0 Å². The van der Waals surface area contributed by atoms with Crippen LogP contribution in [0, 0.1) is 0 Å². The summed E-state index contributed by atoms with van der Waals surface area (Å²) >= 11 is 11.4. The maximum absolute atomic E-state index is 5.81. The molecule has 0 amide bonds. The Kier molecular flexibility index (Phi) is 4.22. The first kappa shape index (κ1) is 10.5. The molecule has 0 bridgehead atoms. The van der Waals surface area contributed by atoms with Crippen molar-refractivity contribution >= 4 is 23.2 Å². The fourth-order valence-corrected chi connectivity index (χ4v) is 1.20. The number of hydrogen-bond acceptors (Lipinski definition) is 2. The van der Waals surface area contributed by atoms with Gasteiger partial charge in [0.05, 0.1) is 13.2 Å². The summed E-state index contributed by atoms with van der Waals surface area (Å²) in [4.78, 5) is 3.88. The lowest BCUT2D eigenvalue weighted by molar-refractivity contribution is 0.148. The summed E-state index contributed by atoms with van der Waals surface area (Å²) in [5, 5.41) is 0.772. The highest BCUT2D eigenvalue weighted by Crippen LogP contribution is 2.17. The SMILES string of the molecule is C=CCOCc1ccc(Cl)nc1Cl. The van der Waals surface area contributed by atoms with Crippen molar-refractivity contribution in [2.45, 2.75) is 6.61 Å². The van der Waals surface area contributed by atoms with E-state index in [2.05, 4.69) is 11.6 Å². The van der Waals surface area contributed by atoms with Gasteiger partial charge in [0, 0.05) is 5.56 Å². The van der Waals surface area contributed by atoms with Crippen molar-refractivity contribution in [3.05, 3.63) is 40.7 Å². The van der Waals surface area contributed by atoms with E-state index in [1.807, 2.05) is 0 Å². The number of halogens is 2. The first-order valence-electron chi connectivity index (χ1n) is 3.73. The zero-order valence-electron chi connectivity index (χ0n) is 6.96. The minimum atomic E-state index is 0.386. The Morgan fingerprint density at radius 1 is 1.46 bits per heavy atom. The van der Waals surface area contributed by atoms with Gasteiger partial charge in [-0.05, 0) is 6.07 Å². The van der Waals surface area contributed by atoms with Gasteiger partial charge < -0.3 is 4.74 Å². The molecule has 0 aromatic carbocycles. The van der Waals surface area contributed by atoms with Gasteiger partial charge in [0.2, 0.25) is 0 Å². The van der Waals surface area contributed by atoms with E-state index in [0.29, 0.717) is 23.5 Å². The molecule has 0 aliphatic heterocycles. The van der Waals surface area contributed by atoms with Crippen LogP contribution in [0.5, 0.6) is 0 Å². The first-order valence-corrected chi connectivity index (χ1v) is 4.49. The molecule has 13 heavy (non-hydrogen) atoms. The third-order valence-electron chi connectivity index (χ3n) is 1.39. The second-order valence-corrected chi connectivity index (χ2v) is 3.13. The monoisotopic (exact) mass is 217 g/mol. The molecule has 0 saturated carbocycles. The smallest absolute Gasteiger partial charge is 0.136 e. The molecule has 0 radical (unpaired) electrons. The summed E-state index contributed by atoms with van der Waals surface area (Å²) in [6.07, 6.45) is 1.68. The van der Waals surface area contributed by atoms with E-state index in [1.54, 1.807) is 18.2 Å². The Labute approximate surface area is 87.1 Å². The lowest BCUT2D eigenvalue weighted by Gasteiger charge is -2.03. The van der Waals surface area contributed by atoms with Gasteiger partial charge in [-0.2, -0.15) is 0 Å². The molecule has 0 saturated heterocycles. The van der Waals surface area contributed by atoms with Crippen molar-refractivity contribution < 1.29 is 4.74 Å². The van der Waals surface area contributed by atoms with Crippen LogP contribution in [0.4, 0.5) is 0 Å². The Bertz CT molecular complexity index is 302. The Morgan fingerprint density at radius 2 is 2.23 bits per heavy atom. The van der Waals surface area contributed by atoms with Gasteiger partial charge in [0.25, 0.3) is 0 Å². The zero-order valence-corrected chi connectivity index (χ0v) is 8.48. The van der Waals surface area contributed by atoms with Crippen LogP contribution in [0.1, 0.15) is 5.56 Å². The molecule has 0 fully saturated rings. The maximum Gasteiger partial charge on any atom is 0.136 e. The van der Waals surface area contributed by atoms with Crippen LogP contribution in [-0.2, 0) is 11.3 Å². The van der Waals surface area contributed by atoms with Crippen molar-refractivity contribution in [1.82, 2.24) is 4.98 Å². The Hall–Kier alpha value is -0.570. The van der Waals surface area contributed by atoms with E-state index >= 15 is 0 Å². The molecule has 2 nitrogen and oxygen atoms in total. The standard InChI is InChI=1S/C9H9Cl2NO/c1-2-5-13-6-7-3-4-8(10)12-9(7)11/h2-4H,1,5-6H2. The van der Waals surface area contributed by atoms with Crippen LogP contribution < -0.4 is 0 Å². The van der Waals surface area contributed by atoms with Crippen LogP contribution in [0.2, 0.25) is 10.3 Å². The second kappa shape index (κ2) is 5.22. The molecular formula is C9H9Cl2NO. The number of ether oxygens (including phenoxy) is 1. The second-order valence-electron chi connectivity index (χ2n) is 2.39. The quantitative estimate of drug-likeness (QED) is 0.440. The lowest BCUT2D eigenvalue weighted by atomic mass is 10.3. The molecule has 0 aliphatic rings. The number of rotatable bonds is 4. The first-order chi connectivity index (χ1) is 6.24. The lowest BCUT2D eigenvalue weighted by Crippen LogP contribution is -1.94. The summed E-state index contributed by atoms with van der Waals surface area (Å²) in [5.74, 6) is 0. The maximum atomic E-state index is 5.81. The van der Waals surface area contributed by atoms with E-state index < -0.39 is 0 Å². The van der Waals surface area contributed by atoms with E-state index in [0.717, 1.165) is 5.56 Å². The van der Waals surface area contributed by atoms with E-state index in [1.165, 1.54) is 0 Å². The van der Waals surface area contributed by atoms with Crippen LogP contribution >= 0.6 is 23.2 Å². The molecule has 1 rings (SSSR count). The molecule has 0 unspecified atom stereocenters. The summed E-state index contributed by atoms with van der Waals surface area (Å²) in [7, 11) is 0. The molecule has 0 N–H and O–H groups in total. The molecule has 4 heteroatoms. The van der Waals surface area contributed by atoms with Crippen molar-refractivity contribution in [3.63, 3.8) is 0 Å². The van der Waals surface area contributed by atoms with Crippen LogP contribution in [0.3, 0.4) is 0 Å². The van der Waals surface area contributed by atoms with Gasteiger partial charge >= 0.3 is 0 Å². The highest BCUT2D eigenvalue weighted by molar-refractivity contribution is 6.32. The molecule has 0 atom stereocenters. The van der Waals surface area contributed by atoms with Crippen LogP contribution in [0.15, 0.2) is 24.8 Å². The topological polar surface area (TPSA) is 22.1 Å². The summed E-state index contributed by atoms with van der Waals surface area (Å²) < 4.78 is 5.20. The fraction of sp³-hybridized carbons (Fsp3) is 0.222. The molecule has 0 spiro atoms. The molecular weight excluding hydrogens is 209 g/mol. The van der Waals surface area contributed by atoms with Crippen molar-refractivity contribution in [2.24, 2.45) is 0 Å². The highest BCUT2D eigenvalue weighted by Gasteiger charge is 2.01. The molecule has 1 aromatic heterocycles. The van der Waals surface area contributed by atoms with Gasteiger partial charge in [-0.15, -0.1) is 6.58 Å². The molecule has 1 aromatic rings. The van der Waals surface area contributed by atoms with E-state index in [-0.39, 0.29) is 0 Å². The number of hydrogen-bond donors (Lipinski definition) is 0. The highest BCUT2D eigenvalue weighted by atomic mass is 35.5. The van der Waals surface area contributed by atoms with Crippen molar-refractivity contribution in [1.29, 1.82) is 0 Å². The molecule has 70 valence electrons. The van der Waals surface area contributed by atoms with Crippen molar-refractivity contribution in [2.75, 3.05) is 6.61 Å². The van der Waals surface area contributed by atoms with Crippen LogP contribution in [-0.4, -0.2) is 11.6 Å². The summed E-state index contributed by atoms with van der Waals surface area (Å²) in [5.41, 5.74) is 0.827. The van der Waals surface area contributed by atoms with Gasteiger partial charge in [0.1, 0.15) is 10.3 Å². The van der Waals surface area contributed by atoms with E-state index in [4.69, 9.17) is 27.9 Å². The van der Waals surface area contributed by atoms with Gasteiger partial charge in [-0.25, -0.2) is 4.98 Å². The minimum Gasteiger partial charge on any atom is -0.373 e. The van der Waals surface area contributed by atoms with Crippen LogP contribution in [0.25, 0.3) is 0 Å². The predicted octanol–water partition coefficient (Wildman–Crippen LogP) is 3.09. The van der Waals surface area contributed by atoms with Gasteiger partial charge in [0.15, 0.2) is 0 Å². The number of pyridine rings is 1. The predicted molar refractivity (Wildman–Crippen MR) is 54.1 cm³/mol. The van der Waals surface area contributed by atoms with Gasteiger partial charge in [-0.1, -0.05) is 35.3 Å². The third-order valence-corrected chi connectivity index (χ3v) is 1.92. The fourth-order valence-electron chi connectivity index (χ4n) is 0.801. The number of nitrogens with zero attached hydrogens (tertiary/aromatic N) is 1. The van der Waals surface area contributed by atoms with Crippen molar-refractivity contribution in [3.8, 4) is 0 Å².